The number of carbonyl (C=O) groups is 1. The van der Waals surface area contributed by atoms with E-state index in [1.165, 1.54) is 6.07 Å². The molecule has 1 aliphatic heterocycles. The first-order chi connectivity index (χ1) is 12.5. The van der Waals surface area contributed by atoms with Gasteiger partial charge in [-0.15, -0.1) is 0 Å². The Labute approximate surface area is 162 Å². The van der Waals surface area contributed by atoms with Crippen molar-refractivity contribution in [2.75, 3.05) is 38.0 Å². The Bertz CT molecular complexity index is 775. The molecule has 2 aromatic rings. The van der Waals surface area contributed by atoms with Crippen LogP contribution < -0.4 is 5.32 Å². The molecular weight excluding hydrogens is 397 g/mol. The fourth-order valence-electron chi connectivity index (χ4n) is 3.13. The maximum Gasteiger partial charge on any atom is 0.238 e. The van der Waals surface area contributed by atoms with Gasteiger partial charge in [0.15, 0.2) is 0 Å². The van der Waals surface area contributed by atoms with Crippen molar-refractivity contribution in [3.63, 3.8) is 0 Å². The SMILES string of the molecule is Cc1cc(Br)ccc1NC(=O)CN1CCN(Cc2ccccc2F)CC1. The molecule has 0 bridgehead atoms. The number of hydrogen-bond donors (Lipinski definition) is 1. The van der Waals surface area contributed by atoms with Gasteiger partial charge in [-0.3, -0.25) is 14.6 Å². The molecule has 1 N–H and O–H groups in total. The summed E-state index contributed by atoms with van der Waals surface area (Å²) in [4.78, 5) is 16.7. The first-order valence-corrected chi connectivity index (χ1v) is 9.54. The van der Waals surface area contributed by atoms with E-state index >= 15 is 0 Å². The van der Waals surface area contributed by atoms with Gasteiger partial charge in [0.05, 0.1) is 6.54 Å². The van der Waals surface area contributed by atoms with Gasteiger partial charge < -0.3 is 5.32 Å². The van der Waals surface area contributed by atoms with Gasteiger partial charge in [-0.25, -0.2) is 4.39 Å². The predicted octanol–water partition coefficient (Wildman–Crippen LogP) is 3.65. The Morgan fingerprint density at radius 3 is 2.50 bits per heavy atom. The van der Waals surface area contributed by atoms with Crippen LogP contribution in [0.25, 0.3) is 0 Å². The minimum atomic E-state index is -0.154. The normalized spacial score (nSPS) is 15.8. The molecule has 1 aliphatic rings. The molecule has 0 atom stereocenters. The molecule has 1 fully saturated rings. The molecule has 6 heteroatoms. The highest BCUT2D eigenvalue weighted by molar-refractivity contribution is 9.10. The summed E-state index contributed by atoms with van der Waals surface area (Å²) in [5.41, 5.74) is 2.60. The predicted molar refractivity (Wildman–Crippen MR) is 106 cm³/mol. The van der Waals surface area contributed by atoms with Gasteiger partial charge in [0.2, 0.25) is 5.91 Å². The molecule has 0 aliphatic carbocycles. The van der Waals surface area contributed by atoms with E-state index in [1.54, 1.807) is 6.07 Å². The van der Waals surface area contributed by atoms with Crippen LogP contribution in [0.1, 0.15) is 11.1 Å². The number of carbonyl (C=O) groups excluding carboxylic acids is 1. The Morgan fingerprint density at radius 1 is 1.12 bits per heavy atom. The van der Waals surface area contributed by atoms with Crippen molar-refractivity contribution in [2.24, 2.45) is 0 Å². The lowest BCUT2D eigenvalue weighted by molar-refractivity contribution is -0.117. The summed E-state index contributed by atoms with van der Waals surface area (Å²) < 4.78 is 14.8. The molecule has 0 spiro atoms. The number of amides is 1. The van der Waals surface area contributed by atoms with Gasteiger partial charge in [0, 0.05) is 48.4 Å². The summed E-state index contributed by atoms with van der Waals surface area (Å²) in [6, 6.07) is 12.7. The van der Waals surface area contributed by atoms with Crippen LogP contribution in [-0.4, -0.2) is 48.4 Å². The lowest BCUT2D eigenvalue weighted by Gasteiger charge is -2.34. The fraction of sp³-hybridized carbons (Fsp3) is 0.350. The van der Waals surface area contributed by atoms with Crippen LogP contribution in [0.4, 0.5) is 10.1 Å². The average Bonchev–Trinajstić information content (AvgIpc) is 2.61. The maximum atomic E-state index is 13.8. The van der Waals surface area contributed by atoms with Crippen molar-refractivity contribution in [1.29, 1.82) is 0 Å². The number of nitrogens with one attached hydrogen (secondary N) is 1. The summed E-state index contributed by atoms with van der Waals surface area (Å²) in [5, 5.41) is 2.98. The summed E-state index contributed by atoms with van der Waals surface area (Å²) in [5.74, 6) is -0.155. The fourth-order valence-corrected chi connectivity index (χ4v) is 3.61. The number of halogens is 2. The zero-order chi connectivity index (χ0) is 18.5. The number of piperazine rings is 1. The molecule has 4 nitrogen and oxygen atoms in total. The van der Waals surface area contributed by atoms with Crippen molar-refractivity contribution < 1.29 is 9.18 Å². The zero-order valence-corrected chi connectivity index (χ0v) is 16.4. The molecule has 138 valence electrons. The molecule has 3 rings (SSSR count). The number of hydrogen-bond acceptors (Lipinski definition) is 3. The van der Waals surface area contributed by atoms with E-state index in [9.17, 15) is 9.18 Å². The quantitative estimate of drug-likeness (QED) is 0.802. The van der Waals surface area contributed by atoms with Crippen LogP contribution in [0.2, 0.25) is 0 Å². The van der Waals surface area contributed by atoms with E-state index in [0.29, 0.717) is 13.1 Å². The highest BCUT2D eigenvalue weighted by Crippen LogP contribution is 2.20. The maximum absolute atomic E-state index is 13.8. The van der Waals surface area contributed by atoms with Gasteiger partial charge in [-0.05, 0) is 36.8 Å². The van der Waals surface area contributed by atoms with Crippen LogP contribution in [0.3, 0.4) is 0 Å². The summed E-state index contributed by atoms with van der Waals surface area (Å²) >= 11 is 3.43. The van der Waals surface area contributed by atoms with Crippen molar-refractivity contribution in [1.82, 2.24) is 9.80 Å². The Morgan fingerprint density at radius 2 is 1.81 bits per heavy atom. The van der Waals surface area contributed by atoms with Crippen molar-refractivity contribution in [3.05, 3.63) is 63.9 Å². The van der Waals surface area contributed by atoms with E-state index < -0.39 is 0 Å². The van der Waals surface area contributed by atoms with Gasteiger partial charge in [0.1, 0.15) is 5.82 Å². The molecule has 26 heavy (non-hydrogen) atoms. The average molecular weight is 420 g/mol. The summed E-state index contributed by atoms with van der Waals surface area (Å²) in [7, 11) is 0. The van der Waals surface area contributed by atoms with E-state index in [0.717, 1.165) is 47.5 Å². The van der Waals surface area contributed by atoms with Crippen molar-refractivity contribution in [2.45, 2.75) is 13.5 Å². The smallest absolute Gasteiger partial charge is 0.238 e. The molecule has 1 heterocycles. The summed E-state index contributed by atoms with van der Waals surface area (Å²) in [6.45, 7) is 6.25. The molecular formula is C20H23BrFN3O. The van der Waals surface area contributed by atoms with Crippen molar-refractivity contribution >= 4 is 27.5 Å². The third-order valence-corrected chi connectivity index (χ3v) is 5.14. The second-order valence-electron chi connectivity index (χ2n) is 6.65. The second-order valence-corrected chi connectivity index (χ2v) is 7.57. The first kappa shape index (κ1) is 19.0. The highest BCUT2D eigenvalue weighted by Gasteiger charge is 2.20. The topological polar surface area (TPSA) is 35.6 Å². The van der Waals surface area contributed by atoms with E-state index in [1.807, 2.05) is 37.3 Å². The standard InChI is InChI=1S/C20H23BrFN3O/c1-15-12-17(21)6-7-19(15)23-20(26)14-25-10-8-24(9-11-25)13-16-4-2-3-5-18(16)22/h2-7,12H,8-11,13-14H2,1H3,(H,23,26). The second kappa shape index (κ2) is 8.75. The molecule has 0 saturated carbocycles. The minimum absolute atomic E-state index is 0.00187. The molecule has 1 saturated heterocycles. The lowest BCUT2D eigenvalue weighted by atomic mass is 10.2. The van der Waals surface area contributed by atoms with Gasteiger partial charge >= 0.3 is 0 Å². The molecule has 0 aromatic heterocycles. The van der Waals surface area contributed by atoms with E-state index in [2.05, 4.69) is 31.0 Å². The first-order valence-electron chi connectivity index (χ1n) is 8.75. The molecule has 0 radical (unpaired) electrons. The summed E-state index contributed by atoms with van der Waals surface area (Å²) in [6.07, 6.45) is 0. The third kappa shape index (κ3) is 5.13. The minimum Gasteiger partial charge on any atom is -0.325 e. The van der Waals surface area contributed by atoms with Crippen molar-refractivity contribution in [3.8, 4) is 0 Å². The number of anilines is 1. The third-order valence-electron chi connectivity index (χ3n) is 4.65. The van der Waals surface area contributed by atoms with Crippen LogP contribution in [0.5, 0.6) is 0 Å². The van der Waals surface area contributed by atoms with E-state index in [4.69, 9.17) is 0 Å². The largest absolute Gasteiger partial charge is 0.325 e. The number of benzene rings is 2. The van der Waals surface area contributed by atoms with Gasteiger partial charge in [0.25, 0.3) is 0 Å². The molecule has 1 amide bonds. The van der Waals surface area contributed by atoms with Gasteiger partial charge in [-0.1, -0.05) is 34.1 Å². The molecule has 0 unspecified atom stereocenters. The van der Waals surface area contributed by atoms with Crippen LogP contribution in [0, 0.1) is 12.7 Å². The Kier molecular flexibility index (Phi) is 6.40. The van der Waals surface area contributed by atoms with Crippen LogP contribution in [-0.2, 0) is 11.3 Å². The number of nitrogens with zero attached hydrogens (tertiary/aromatic N) is 2. The monoisotopic (exact) mass is 419 g/mol. The highest BCUT2D eigenvalue weighted by atomic mass is 79.9. The zero-order valence-electron chi connectivity index (χ0n) is 14.8. The lowest BCUT2D eigenvalue weighted by Crippen LogP contribution is -2.48. The van der Waals surface area contributed by atoms with Crippen LogP contribution in [0.15, 0.2) is 46.9 Å². The number of aryl methyl sites for hydroxylation is 1. The Balaban J connectivity index is 1.46. The Hall–Kier alpha value is -1.76. The number of rotatable bonds is 5. The van der Waals surface area contributed by atoms with Gasteiger partial charge in [-0.2, -0.15) is 0 Å². The van der Waals surface area contributed by atoms with E-state index in [-0.39, 0.29) is 11.7 Å². The van der Waals surface area contributed by atoms with Crippen LogP contribution >= 0.6 is 15.9 Å². The molecule has 2 aromatic carbocycles.